The van der Waals surface area contributed by atoms with Crippen LogP contribution in [-0.2, 0) is 4.74 Å². The third-order valence-electron chi connectivity index (χ3n) is 3.39. The van der Waals surface area contributed by atoms with E-state index in [-0.39, 0.29) is 12.2 Å². The number of pyridine rings is 1. The molecule has 2 aromatic rings. The van der Waals surface area contributed by atoms with Gasteiger partial charge in [-0.3, -0.25) is 4.98 Å². The van der Waals surface area contributed by atoms with Gasteiger partial charge in [0, 0.05) is 23.2 Å². The highest BCUT2D eigenvalue weighted by Crippen LogP contribution is 2.34. The quantitative estimate of drug-likeness (QED) is 0.807. The van der Waals surface area contributed by atoms with Gasteiger partial charge in [-0.1, -0.05) is 34.1 Å². The van der Waals surface area contributed by atoms with Gasteiger partial charge in [0.1, 0.15) is 18.0 Å². The second-order valence-electron chi connectivity index (χ2n) is 4.69. The number of ether oxygens (including phenoxy) is 2. The van der Waals surface area contributed by atoms with Crippen molar-refractivity contribution in [1.29, 1.82) is 0 Å². The lowest BCUT2D eigenvalue weighted by atomic mass is 9.91. The molecule has 4 heteroatoms. The average Bonchev–Trinajstić information content (AvgIpc) is 2.44. The second kappa shape index (κ2) is 5.47. The number of hydrogen-bond acceptors (Lipinski definition) is 3. The molecule has 0 bridgehead atoms. The van der Waals surface area contributed by atoms with Crippen LogP contribution in [0.3, 0.4) is 0 Å². The molecular formula is C15H16BrNO2. The van der Waals surface area contributed by atoms with Crippen LogP contribution in [0.2, 0.25) is 0 Å². The van der Waals surface area contributed by atoms with Crippen molar-refractivity contribution >= 4 is 26.8 Å². The molecule has 1 heterocycles. The maximum atomic E-state index is 5.98. The van der Waals surface area contributed by atoms with Crippen LogP contribution in [0.5, 0.6) is 5.75 Å². The Morgan fingerprint density at radius 1 is 1.37 bits per heavy atom. The molecule has 3 atom stereocenters. The highest BCUT2D eigenvalue weighted by atomic mass is 79.9. The van der Waals surface area contributed by atoms with Gasteiger partial charge >= 0.3 is 0 Å². The predicted octanol–water partition coefficient (Wildman–Crippen LogP) is 3.55. The van der Waals surface area contributed by atoms with Crippen LogP contribution in [0.4, 0.5) is 0 Å². The molecule has 0 radical (unpaired) electrons. The smallest absolute Gasteiger partial charge is 0.138 e. The Labute approximate surface area is 121 Å². The number of halogens is 1. The molecule has 3 nitrogen and oxygen atoms in total. The van der Waals surface area contributed by atoms with Crippen LogP contribution in [0.1, 0.15) is 13.3 Å². The van der Waals surface area contributed by atoms with Gasteiger partial charge in [0.15, 0.2) is 0 Å². The molecule has 0 aliphatic heterocycles. The summed E-state index contributed by atoms with van der Waals surface area (Å²) in [6.45, 7) is 2.72. The Balaban J connectivity index is 1.75. The molecule has 1 aromatic carbocycles. The standard InChI is InChI=1S/C15H16BrNO2/c1-2-18-15-12(16)8-14(15)19-11-7-10-5-3-4-6-13(10)17-9-11/h3-7,9,12,14-15H,2,8H2,1H3. The molecule has 1 aliphatic rings. The van der Waals surface area contributed by atoms with Gasteiger partial charge in [0.05, 0.1) is 11.7 Å². The van der Waals surface area contributed by atoms with E-state index in [9.17, 15) is 0 Å². The number of alkyl halides is 1. The van der Waals surface area contributed by atoms with Crippen LogP contribution in [0, 0.1) is 0 Å². The molecule has 100 valence electrons. The van der Waals surface area contributed by atoms with E-state index in [1.807, 2.05) is 37.3 Å². The lowest BCUT2D eigenvalue weighted by Gasteiger charge is -2.40. The number of benzene rings is 1. The molecule has 1 aromatic heterocycles. The SMILES string of the molecule is CCOC1C(Br)CC1Oc1cnc2ccccc2c1. The third-order valence-corrected chi connectivity index (χ3v) is 4.29. The Bertz CT molecular complexity index is 575. The molecule has 0 amide bonds. The molecular weight excluding hydrogens is 306 g/mol. The Hall–Kier alpha value is -1.13. The molecule has 0 N–H and O–H groups in total. The normalized spacial score (nSPS) is 26.1. The molecule has 3 unspecified atom stereocenters. The zero-order chi connectivity index (χ0) is 13.2. The van der Waals surface area contributed by atoms with Crippen molar-refractivity contribution in [2.75, 3.05) is 6.61 Å². The maximum Gasteiger partial charge on any atom is 0.138 e. The van der Waals surface area contributed by atoms with Crippen molar-refractivity contribution in [3.05, 3.63) is 36.5 Å². The van der Waals surface area contributed by atoms with Crippen molar-refractivity contribution in [2.24, 2.45) is 0 Å². The minimum Gasteiger partial charge on any atom is -0.486 e. The number of aromatic nitrogens is 1. The van der Waals surface area contributed by atoms with E-state index >= 15 is 0 Å². The minimum atomic E-state index is 0.118. The monoisotopic (exact) mass is 321 g/mol. The van der Waals surface area contributed by atoms with Crippen LogP contribution in [-0.4, -0.2) is 28.6 Å². The molecule has 3 rings (SSSR count). The fraction of sp³-hybridized carbons (Fsp3) is 0.400. The van der Waals surface area contributed by atoms with Crippen LogP contribution >= 0.6 is 15.9 Å². The van der Waals surface area contributed by atoms with E-state index in [1.54, 1.807) is 6.20 Å². The van der Waals surface area contributed by atoms with Gasteiger partial charge in [-0.05, 0) is 19.1 Å². The van der Waals surface area contributed by atoms with E-state index in [0.29, 0.717) is 11.4 Å². The zero-order valence-corrected chi connectivity index (χ0v) is 12.3. The topological polar surface area (TPSA) is 31.4 Å². The fourth-order valence-electron chi connectivity index (χ4n) is 2.34. The van der Waals surface area contributed by atoms with Gasteiger partial charge in [-0.25, -0.2) is 0 Å². The van der Waals surface area contributed by atoms with Gasteiger partial charge in [-0.2, -0.15) is 0 Å². The molecule has 1 aliphatic carbocycles. The summed E-state index contributed by atoms with van der Waals surface area (Å²) in [4.78, 5) is 4.80. The molecule has 1 saturated carbocycles. The Morgan fingerprint density at radius 3 is 3.00 bits per heavy atom. The Kier molecular flexibility index (Phi) is 3.71. The molecule has 1 fully saturated rings. The summed E-state index contributed by atoms with van der Waals surface area (Å²) in [6, 6.07) is 10.1. The first-order valence-corrected chi connectivity index (χ1v) is 7.46. The largest absolute Gasteiger partial charge is 0.486 e. The number of rotatable bonds is 4. The van der Waals surface area contributed by atoms with Crippen molar-refractivity contribution in [1.82, 2.24) is 4.98 Å². The van der Waals surface area contributed by atoms with Crippen molar-refractivity contribution in [3.63, 3.8) is 0 Å². The second-order valence-corrected chi connectivity index (χ2v) is 5.87. The van der Waals surface area contributed by atoms with Gasteiger partial charge in [0.2, 0.25) is 0 Å². The third kappa shape index (κ3) is 2.60. The summed E-state index contributed by atoms with van der Waals surface area (Å²) in [5.74, 6) is 0.813. The van der Waals surface area contributed by atoms with Gasteiger partial charge < -0.3 is 9.47 Å². The summed E-state index contributed by atoms with van der Waals surface area (Å²) in [6.07, 6.45) is 3.01. The summed E-state index contributed by atoms with van der Waals surface area (Å²) >= 11 is 3.60. The van der Waals surface area contributed by atoms with Crippen LogP contribution < -0.4 is 4.74 Å². The first-order chi connectivity index (χ1) is 9.28. The lowest BCUT2D eigenvalue weighted by Crippen LogP contribution is -2.52. The van der Waals surface area contributed by atoms with Crippen LogP contribution in [0.15, 0.2) is 36.5 Å². The van der Waals surface area contributed by atoms with Crippen molar-refractivity contribution < 1.29 is 9.47 Å². The van der Waals surface area contributed by atoms with Gasteiger partial charge in [0.25, 0.3) is 0 Å². The highest BCUT2D eigenvalue weighted by molar-refractivity contribution is 9.09. The van der Waals surface area contributed by atoms with Crippen molar-refractivity contribution in [2.45, 2.75) is 30.4 Å². The number of fused-ring (bicyclic) bond motifs is 1. The van der Waals surface area contributed by atoms with E-state index in [1.165, 1.54) is 0 Å². The molecule has 19 heavy (non-hydrogen) atoms. The summed E-state index contributed by atoms with van der Waals surface area (Å²) < 4.78 is 11.6. The van der Waals surface area contributed by atoms with Crippen LogP contribution in [0.25, 0.3) is 10.9 Å². The highest BCUT2D eigenvalue weighted by Gasteiger charge is 2.42. The number of nitrogens with zero attached hydrogens (tertiary/aromatic N) is 1. The maximum absolute atomic E-state index is 5.98. The fourth-order valence-corrected chi connectivity index (χ4v) is 3.20. The number of para-hydroxylation sites is 1. The van der Waals surface area contributed by atoms with E-state index in [0.717, 1.165) is 23.1 Å². The first-order valence-electron chi connectivity index (χ1n) is 6.55. The zero-order valence-electron chi connectivity index (χ0n) is 10.8. The molecule has 0 saturated heterocycles. The van der Waals surface area contributed by atoms with E-state index < -0.39 is 0 Å². The summed E-state index contributed by atoms with van der Waals surface area (Å²) in [7, 11) is 0. The summed E-state index contributed by atoms with van der Waals surface area (Å²) in [5, 5.41) is 1.10. The molecule has 0 spiro atoms. The van der Waals surface area contributed by atoms with E-state index in [2.05, 4.69) is 20.9 Å². The Morgan fingerprint density at radius 2 is 2.21 bits per heavy atom. The summed E-state index contributed by atoms with van der Waals surface area (Å²) in [5.41, 5.74) is 0.989. The predicted molar refractivity (Wildman–Crippen MR) is 78.9 cm³/mol. The average molecular weight is 322 g/mol. The number of hydrogen-bond donors (Lipinski definition) is 0. The van der Waals surface area contributed by atoms with Gasteiger partial charge in [-0.15, -0.1) is 0 Å². The minimum absolute atomic E-state index is 0.118. The van der Waals surface area contributed by atoms with E-state index in [4.69, 9.17) is 9.47 Å². The lowest BCUT2D eigenvalue weighted by molar-refractivity contribution is -0.0723. The van der Waals surface area contributed by atoms with Crippen molar-refractivity contribution in [3.8, 4) is 5.75 Å². The first kappa shape index (κ1) is 12.9.